The lowest BCUT2D eigenvalue weighted by Gasteiger charge is -2.19. The summed E-state index contributed by atoms with van der Waals surface area (Å²) in [5.41, 5.74) is 2.98. The zero-order valence-corrected chi connectivity index (χ0v) is 19.5. The molecular weight excluding hydrogens is 418 g/mol. The van der Waals surface area contributed by atoms with Crippen molar-refractivity contribution in [2.75, 3.05) is 17.2 Å². The van der Waals surface area contributed by atoms with Crippen molar-refractivity contribution >= 4 is 23.4 Å². The number of nitrogens with zero attached hydrogens (tertiary/aromatic N) is 5. The molecule has 0 N–H and O–H groups in total. The standard InChI is InChI=1S/C25H27N5OS/c1-5-16-30-23(19-11-13-20(14-12-19)25(2,3)4)27-28-24(30)32-18-22(31)29(17-15-26)21-9-7-6-8-10-21/h5-14H,1,16-18H2,2-4H3. The van der Waals surface area contributed by atoms with Gasteiger partial charge >= 0.3 is 0 Å². The van der Waals surface area contributed by atoms with Crippen LogP contribution >= 0.6 is 11.8 Å². The number of nitriles is 1. The summed E-state index contributed by atoms with van der Waals surface area (Å²) in [7, 11) is 0. The molecule has 7 heteroatoms. The molecule has 32 heavy (non-hydrogen) atoms. The molecule has 3 aromatic rings. The van der Waals surface area contributed by atoms with Gasteiger partial charge in [0.05, 0.1) is 11.8 Å². The molecule has 1 aromatic heterocycles. The van der Waals surface area contributed by atoms with Gasteiger partial charge in [0.25, 0.3) is 0 Å². The molecule has 0 unspecified atom stereocenters. The highest BCUT2D eigenvalue weighted by Gasteiger charge is 2.20. The van der Waals surface area contributed by atoms with E-state index in [1.54, 1.807) is 6.08 Å². The molecule has 0 aliphatic rings. The fourth-order valence-corrected chi connectivity index (χ4v) is 4.05. The van der Waals surface area contributed by atoms with Gasteiger partial charge in [-0.25, -0.2) is 0 Å². The summed E-state index contributed by atoms with van der Waals surface area (Å²) in [4.78, 5) is 14.3. The van der Waals surface area contributed by atoms with Crippen LogP contribution in [0.2, 0.25) is 0 Å². The van der Waals surface area contributed by atoms with Crippen molar-refractivity contribution in [1.29, 1.82) is 5.26 Å². The third-order valence-electron chi connectivity index (χ3n) is 4.96. The molecule has 0 fully saturated rings. The molecule has 0 aliphatic heterocycles. The van der Waals surface area contributed by atoms with Crippen molar-refractivity contribution in [1.82, 2.24) is 14.8 Å². The minimum Gasteiger partial charge on any atom is -0.298 e. The number of para-hydroxylation sites is 1. The summed E-state index contributed by atoms with van der Waals surface area (Å²) in [5, 5.41) is 18.5. The van der Waals surface area contributed by atoms with Crippen LogP contribution in [0.1, 0.15) is 26.3 Å². The van der Waals surface area contributed by atoms with Crippen LogP contribution in [-0.2, 0) is 16.8 Å². The number of carbonyl (C=O) groups is 1. The highest BCUT2D eigenvalue weighted by atomic mass is 32.2. The number of hydrogen-bond donors (Lipinski definition) is 0. The fraction of sp³-hybridized carbons (Fsp3) is 0.280. The molecule has 0 aliphatic carbocycles. The average molecular weight is 446 g/mol. The summed E-state index contributed by atoms with van der Waals surface area (Å²) >= 11 is 1.31. The Morgan fingerprint density at radius 2 is 1.84 bits per heavy atom. The van der Waals surface area contributed by atoms with Crippen LogP contribution in [-0.4, -0.2) is 33.0 Å². The van der Waals surface area contributed by atoms with E-state index >= 15 is 0 Å². The summed E-state index contributed by atoms with van der Waals surface area (Å²) in [6.07, 6.45) is 1.79. The maximum Gasteiger partial charge on any atom is 0.238 e. The quantitative estimate of drug-likeness (QED) is 0.275. The van der Waals surface area contributed by atoms with E-state index in [4.69, 9.17) is 5.26 Å². The lowest BCUT2D eigenvalue weighted by atomic mass is 9.87. The van der Waals surface area contributed by atoms with Crippen LogP contribution in [0.4, 0.5) is 5.69 Å². The van der Waals surface area contributed by atoms with Crippen molar-refractivity contribution in [2.24, 2.45) is 0 Å². The Morgan fingerprint density at radius 1 is 1.16 bits per heavy atom. The minimum absolute atomic E-state index is 0.00582. The largest absolute Gasteiger partial charge is 0.298 e. The Bertz CT molecular complexity index is 1110. The number of anilines is 1. The van der Waals surface area contributed by atoms with Crippen molar-refractivity contribution in [3.63, 3.8) is 0 Å². The molecular formula is C25H27N5OS. The molecule has 0 radical (unpaired) electrons. The van der Waals surface area contributed by atoms with Gasteiger partial charge in [-0.2, -0.15) is 5.26 Å². The third-order valence-corrected chi connectivity index (χ3v) is 5.91. The molecule has 164 valence electrons. The topological polar surface area (TPSA) is 74.8 Å². The predicted molar refractivity (Wildman–Crippen MR) is 129 cm³/mol. The van der Waals surface area contributed by atoms with Crippen molar-refractivity contribution in [3.8, 4) is 17.5 Å². The van der Waals surface area contributed by atoms with Crippen LogP contribution in [0.3, 0.4) is 0 Å². The van der Waals surface area contributed by atoms with E-state index in [2.05, 4.69) is 55.7 Å². The van der Waals surface area contributed by atoms with Gasteiger partial charge < -0.3 is 0 Å². The predicted octanol–water partition coefficient (Wildman–Crippen LogP) is 5.08. The first kappa shape index (κ1) is 23.3. The first-order chi connectivity index (χ1) is 15.3. The summed E-state index contributed by atoms with van der Waals surface area (Å²) in [5.74, 6) is 0.721. The molecule has 0 spiro atoms. The number of allylic oxidation sites excluding steroid dienone is 1. The summed E-state index contributed by atoms with van der Waals surface area (Å²) < 4.78 is 1.95. The molecule has 6 nitrogen and oxygen atoms in total. The Labute approximate surface area is 193 Å². The van der Waals surface area contributed by atoms with E-state index in [9.17, 15) is 4.79 Å². The summed E-state index contributed by atoms with van der Waals surface area (Å²) in [6.45, 7) is 10.9. The van der Waals surface area contributed by atoms with Gasteiger partial charge in [-0.3, -0.25) is 14.3 Å². The first-order valence-electron chi connectivity index (χ1n) is 10.4. The molecule has 2 aromatic carbocycles. The maximum atomic E-state index is 12.9. The zero-order valence-electron chi connectivity index (χ0n) is 18.7. The Hall–Kier alpha value is -3.37. The highest BCUT2D eigenvalue weighted by Crippen LogP contribution is 2.28. The van der Waals surface area contributed by atoms with Gasteiger partial charge in [-0.05, 0) is 23.1 Å². The number of carbonyl (C=O) groups excluding carboxylic acids is 1. The number of hydrogen-bond acceptors (Lipinski definition) is 5. The van der Waals surface area contributed by atoms with E-state index in [1.807, 2.05) is 47.0 Å². The van der Waals surface area contributed by atoms with Crippen LogP contribution in [0.15, 0.2) is 72.4 Å². The van der Waals surface area contributed by atoms with Crippen LogP contribution in [0, 0.1) is 11.3 Å². The van der Waals surface area contributed by atoms with Gasteiger partial charge in [-0.1, -0.05) is 81.1 Å². The second kappa shape index (κ2) is 10.3. The smallest absolute Gasteiger partial charge is 0.238 e. The molecule has 1 amide bonds. The van der Waals surface area contributed by atoms with Crippen LogP contribution in [0.5, 0.6) is 0 Å². The Kier molecular flexibility index (Phi) is 7.49. The first-order valence-corrected chi connectivity index (χ1v) is 11.3. The molecule has 0 atom stereocenters. The second-order valence-electron chi connectivity index (χ2n) is 8.30. The highest BCUT2D eigenvalue weighted by molar-refractivity contribution is 7.99. The Balaban J connectivity index is 1.80. The number of benzene rings is 2. The lowest BCUT2D eigenvalue weighted by molar-refractivity contribution is -0.116. The van der Waals surface area contributed by atoms with E-state index in [0.717, 1.165) is 11.4 Å². The number of amides is 1. The minimum atomic E-state index is -0.160. The van der Waals surface area contributed by atoms with E-state index in [-0.39, 0.29) is 23.6 Å². The molecule has 0 saturated carbocycles. The number of thioether (sulfide) groups is 1. The zero-order chi connectivity index (χ0) is 23.1. The van der Waals surface area contributed by atoms with Gasteiger partial charge in [0.15, 0.2) is 11.0 Å². The van der Waals surface area contributed by atoms with E-state index < -0.39 is 0 Å². The number of rotatable bonds is 8. The summed E-state index contributed by atoms with van der Waals surface area (Å²) in [6, 6.07) is 19.6. The average Bonchev–Trinajstić information content (AvgIpc) is 3.18. The second-order valence-corrected chi connectivity index (χ2v) is 9.24. The van der Waals surface area contributed by atoms with Crippen molar-refractivity contribution in [3.05, 3.63) is 72.8 Å². The normalized spacial score (nSPS) is 11.1. The molecule has 0 saturated heterocycles. The van der Waals surface area contributed by atoms with Crippen LogP contribution in [0.25, 0.3) is 11.4 Å². The maximum absolute atomic E-state index is 12.9. The van der Waals surface area contributed by atoms with Crippen molar-refractivity contribution < 1.29 is 4.79 Å². The van der Waals surface area contributed by atoms with Crippen LogP contribution < -0.4 is 4.90 Å². The monoisotopic (exact) mass is 445 g/mol. The molecule has 1 heterocycles. The van der Waals surface area contributed by atoms with Gasteiger partial charge in [0.2, 0.25) is 5.91 Å². The van der Waals surface area contributed by atoms with Gasteiger partial charge in [0, 0.05) is 17.8 Å². The molecule has 0 bridgehead atoms. The van der Waals surface area contributed by atoms with E-state index in [1.165, 1.54) is 22.2 Å². The van der Waals surface area contributed by atoms with E-state index in [0.29, 0.717) is 17.4 Å². The SMILES string of the molecule is C=CCn1c(SCC(=O)N(CC#N)c2ccccc2)nnc1-c1ccc(C(C)(C)C)cc1. The third kappa shape index (κ3) is 5.45. The number of aromatic nitrogens is 3. The van der Waals surface area contributed by atoms with Crippen molar-refractivity contribution in [2.45, 2.75) is 37.9 Å². The van der Waals surface area contributed by atoms with Gasteiger partial charge in [0.1, 0.15) is 6.54 Å². The Morgan fingerprint density at radius 3 is 2.44 bits per heavy atom. The van der Waals surface area contributed by atoms with Gasteiger partial charge in [-0.15, -0.1) is 16.8 Å². The molecule has 3 rings (SSSR count). The lowest BCUT2D eigenvalue weighted by Crippen LogP contribution is -2.32. The fourth-order valence-electron chi connectivity index (χ4n) is 3.23.